The SMILES string of the molecule is CC(=O)OC(C(=O)NC1C(=O)N2C(C(=O)O)=C(CSc3nnc(C)s3)CS[C@H]12)c1ccccc1. The van der Waals surface area contributed by atoms with E-state index in [0.717, 1.165) is 9.35 Å². The first-order valence-electron chi connectivity index (χ1n) is 10.1. The number of aliphatic carboxylic acids is 1. The van der Waals surface area contributed by atoms with Crippen LogP contribution in [0.4, 0.5) is 0 Å². The molecule has 2 aliphatic rings. The molecule has 1 aromatic heterocycles. The van der Waals surface area contributed by atoms with Gasteiger partial charge in [0, 0.05) is 24.0 Å². The van der Waals surface area contributed by atoms with Gasteiger partial charge in [0.25, 0.3) is 11.8 Å². The van der Waals surface area contributed by atoms with Gasteiger partial charge in [-0.3, -0.25) is 19.3 Å². The Kier molecular flexibility index (Phi) is 7.24. The molecule has 3 atom stereocenters. The van der Waals surface area contributed by atoms with Gasteiger partial charge < -0.3 is 15.2 Å². The lowest BCUT2D eigenvalue weighted by molar-refractivity contribution is -0.157. The summed E-state index contributed by atoms with van der Waals surface area (Å²) in [5, 5.41) is 20.7. The molecule has 0 spiro atoms. The van der Waals surface area contributed by atoms with Gasteiger partial charge in [-0.05, 0) is 12.5 Å². The Hall–Kier alpha value is -2.90. The van der Waals surface area contributed by atoms with E-state index < -0.39 is 41.3 Å². The van der Waals surface area contributed by atoms with Gasteiger partial charge in [-0.2, -0.15) is 0 Å². The number of esters is 1. The first-order valence-corrected chi connectivity index (χ1v) is 13.0. The Morgan fingerprint density at radius 2 is 2.03 bits per heavy atom. The van der Waals surface area contributed by atoms with Crippen molar-refractivity contribution < 1.29 is 29.0 Å². The Morgan fingerprint density at radius 1 is 1.29 bits per heavy atom. The van der Waals surface area contributed by atoms with E-state index in [1.165, 1.54) is 46.7 Å². The van der Waals surface area contributed by atoms with Crippen LogP contribution in [0.1, 0.15) is 23.6 Å². The third-order valence-corrected chi connectivity index (χ3v) is 8.45. The fraction of sp³-hybridized carbons (Fsp3) is 0.333. The number of amides is 2. The van der Waals surface area contributed by atoms with Crippen molar-refractivity contribution >= 4 is 58.6 Å². The second kappa shape index (κ2) is 10.2. The Labute approximate surface area is 207 Å². The summed E-state index contributed by atoms with van der Waals surface area (Å²) in [6.07, 6.45) is -1.22. The van der Waals surface area contributed by atoms with Crippen molar-refractivity contribution in [3.63, 3.8) is 0 Å². The maximum atomic E-state index is 12.9. The van der Waals surface area contributed by atoms with Crippen molar-refractivity contribution in [3.05, 3.63) is 52.2 Å². The van der Waals surface area contributed by atoms with Crippen LogP contribution in [-0.2, 0) is 23.9 Å². The van der Waals surface area contributed by atoms with Crippen LogP contribution in [0.25, 0.3) is 0 Å². The number of hydrogen-bond donors (Lipinski definition) is 2. The zero-order valence-electron chi connectivity index (χ0n) is 18.1. The summed E-state index contributed by atoms with van der Waals surface area (Å²) in [6, 6.07) is 7.55. The second-order valence-electron chi connectivity index (χ2n) is 7.43. The number of ether oxygens (including phenoxy) is 1. The third kappa shape index (κ3) is 4.95. The molecule has 4 rings (SSSR count). The van der Waals surface area contributed by atoms with Crippen LogP contribution in [0.5, 0.6) is 0 Å². The molecular weight excluding hydrogens is 500 g/mol. The predicted molar refractivity (Wildman–Crippen MR) is 126 cm³/mol. The van der Waals surface area contributed by atoms with Gasteiger partial charge in [-0.15, -0.1) is 22.0 Å². The van der Waals surface area contributed by atoms with Crippen LogP contribution in [0, 0.1) is 6.92 Å². The summed E-state index contributed by atoms with van der Waals surface area (Å²) in [6.45, 7) is 3.03. The van der Waals surface area contributed by atoms with Crippen molar-refractivity contribution in [2.45, 2.75) is 35.7 Å². The highest BCUT2D eigenvalue weighted by molar-refractivity contribution is 8.01. The zero-order valence-corrected chi connectivity index (χ0v) is 20.5. The molecule has 0 bridgehead atoms. The molecule has 0 saturated carbocycles. The predicted octanol–water partition coefficient (Wildman–Crippen LogP) is 1.98. The van der Waals surface area contributed by atoms with E-state index in [1.807, 2.05) is 6.92 Å². The van der Waals surface area contributed by atoms with Gasteiger partial charge in [-0.1, -0.05) is 53.4 Å². The monoisotopic (exact) mass is 520 g/mol. The minimum absolute atomic E-state index is 0.0624. The Morgan fingerprint density at radius 3 is 2.65 bits per heavy atom. The number of hydrogen-bond acceptors (Lipinski definition) is 10. The van der Waals surface area contributed by atoms with E-state index in [-0.39, 0.29) is 5.70 Å². The van der Waals surface area contributed by atoms with Crippen molar-refractivity contribution in [2.24, 2.45) is 0 Å². The highest BCUT2D eigenvalue weighted by Gasteiger charge is 2.54. The van der Waals surface area contributed by atoms with Crippen molar-refractivity contribution in [3.8, 4) is 0 Å². The standard InChI is InChI=1S/C21H20N4O6S3/c1-10-23-24-21(34-10)33-9-13-8-32-19-14(18(28)25(19)15(13)20(29)30)22-17(27)16(31-11(2)26)12-6-4-3-5-7-12/h3-7,14,16,19H,8-9H2,1-2H3,(H,22,27)(H,29,30)/t14?,16?,19-/m1/s1. The molecular formula is C21H20N4O6S3. The molecule has 34 heavy (non-hydrogen) atoms. The van der Waals surface area contributed by atoms with Gasteiger partial charge in [0.1, 0.15) is 22.1 Å². The van der Waals surface area contributed by atoms with Crippen LogP contribution in [0.2, 0.25) is 0 Å². The van der Waals surface area contributed by atoms with Crippen molar-refractivity contribution in [2.75, 3.05) is 11.5 Å². The van der Waals surface area contributed by atoms with Crippen LogP contribution in [-0.4, -0.2) is 66.9 Å². The van der Waals surface area contributed by atoms with Gasteiger partial charge >= 0.3 is 11.9 Å². The number of carboxylic acid groups (broad SMARTS) is 1. The highest BCUT2D eigenvalue weighted by Crippen LogP contribution is 2.42. The first kappa shape index (κ1) is 24.2. The molecule has 10 nitrogen and oxygen atoms in total. The molecule has 2 aliphatic heterocycles. The Balaban J connectivity index is 1.48. The van der Waals surface area contributed by atoms with Gasteiger partial charge in [-0.25, -0.2) is 4.79 Å². The van der Waals surface area contributed by atoms with Crippen LogP contribution in [0.15, 0.2) is 45.9 Å². The normalized spacial score (nSPS) is 20.3. The molecule has 2 unspecified atom stereocenters. The van der Waals surface area contributed by atoms with Gasteiger partial charge in [0.15, 0.2) is 4.34 Å². The quantitative estimate of drug-likeness (QED) is 0.302. The van der Waals surface area contributed by atoms with Gasteiger partial charge in [0.2, 0.25) is 6.10 Å². The molecule has 0 radical (unpaired) electrons. The molecule has 2 amide bonds. The largest absolute Gasteiger partial charge is 0.477 e. The van der Waals surface area contributed by atoms with Crippen molar-refractivity contribution in [1.29, 1.82) is 0 Å². The first-order chi connectivity index (χ1) is 16.3. The summed E-state index contributed by atoms with van der Waals surface area (Å²) < 4.78 is 5.91. The maximum Gasteiger partial charge on any atom is 0.352 e. The van der Waals surface area contributed by atoms with E-state index >= 15 is 0 Å². The minimum Gasteiger partial charge on any atom is -0.477 e. The molecule has 3 heterocycles. The number of benzene rings is 1. The Bertz CT molecular complexity index is 1170. The number of nitrogens with zero attached hydrogens (tertiary/aromatic N) is 3. The summed E-state index contributed by atoms with van der Waals surface area (Å²) in [5.74, 6) is -2.25. The van der Waals surface area contributed by atoms with E-state index in [1.54, 1.807) is 30.3 Å². The number of aryl methyl sites for hydroxylation is 1. The molecule has 178 valence electrons. The van der Waals surface area contributed by atoms with Crippen LogP contribution in [0.3, 0.4) is 0 Å². The number of aromatic nitrogens is 2. The summed E-state index contributed by atoms with van der Waals surface area (Å²) in [4.78, 5) is 50.6. The topological polar surface area (TPSA) is 139 Å². The number of carboxylic acids is 1. The lowest BCUT2D eigenvalue weighted by Crippen LogP contribution is -2.71. The fourth-order valence-electron chi connectivity index (χ4n) is 3.58. The number of carbonyl (C=O) groups excluding carboxylic acids is 3. The number of β-lactam (4-membered cyclic amide) rings is 1. The summed E-state index contributed by atoms with van der Waals surface area (Å²) >= 11 is 4.16. The lowest BCUT2D eigenvalue weighted by Gasteiger charge is -2.49. The summed E-state index contributed by atoms with van der Waals surface area (Å²) in [7, 11) is 0. The van der Waals surface area contributed by atoms with E-state index in [2.05, 4.69) is 15.5 Å². The van der Waals surface area contributed by atoms with E-state index in [0.29, 0.717) is 22.6 Å². The molecule has 1 fully saturated rings. The number of thioether (sulfide) groups is 2. The van der Waals surface area contributed by atoms with Gasteiger partial charge in [0.05, 0.1) is 0 Å². The van der Waals surface area contributed by atoms with E-state index in [9.17, 15) is 24.3 Å². The highest BCUT2D eigenvalue weighted by atomic mass is 32.2. The average molecular weight is 521 g/mol. The summed E-state index contributed by atoms with van der Waals surface area (Å²) in [5.41, 5.74) is 1.01. The number of carbonyl (C=O) groups is 4. The third-order valence-electron chi connectivity index (χ3n) is 5.05. The van der Waals surface area contributed by atoms with Crippen LogP contribution >= 0.6 is 34.9 Å². The van der Waals surface area contributed by atoms with Crippen LogP contribution < -0.4 is 5.32 Å². The number of fused-ring (bicyclic) bond motifs is 1. The molecule has 13 heteroatoms. The zero-order chi connectivity index (χ0) is 24.4. The van der Waals surface area contributed by atoms with E-state index in [4.69, 9.17) is 4.74 Å². The maximum absolute atomic E-state index is 12.9. The molecule has 2 aromatic rings. The molecule has 1 saturated heterocycles. The molecule has 2 N–H and O–H groups in total. The molecule has 1 aromatic carbocycles. The fourth-order valence-corrected chi connectivity index (χ4v) is 6.88. The number of rotatable bonds is 8. The molecule has 0 aliphatic carbocycles. The number of nitrogens with one attached hydrogen (secondary N) is 1. The lowest BCUT2D eigenvalue weighted by atomic mass is 10.0. The average Bonchev–Trinajstić information content (AvgIpc) is 3.24. The van der Waals surface area contributed by atoms with Crippen molar-refractivity contribution in [1.82, 2.24) is 20.4 Å². The smallest absolute Gasteiger partial charge is 0.352 e. The minimum atomic E-state index is -1.22. The second-order valence-corrected chi connectivity index (χ2v) is 10.9.